The first-order chi connectivity index (χ1) is 19.0. The summed E-state index contributed by atoms with van der Waals surface area (Å²) in [6.45, 7) is 9.67. The van der Waals surface area contributed by atoms with Gasteiger partial charge in [0.15, 0.2) is 5.78 Å². The number of amides is 1. The number of carbonyl (C=O) groups is 2. The Morgan fingerprint density at radius 2 is 1.80 bits per heavy atom. The summed E-state index contributed by atoms with van der Waals surface area (Å²) in [5.41, 5.74) is 4.45. The van der Waals surface area contributed by atoms with Crippen LogP contribution in [0.3, 0.4) is 0 Å². The van der Waals surface area contributed by atoms with Crippen LogP contribution in [0, 0.1) is 5.82 Å². The summed E-state index contributed by atoms with van der Waals surface area (Å²) < 4.78 is 19.6. The molecule has 40 heavy (non-hydrogen) atoms. The van der Waals surface area contributed by atoms with E-state index in [-0.39, 0.29) is 17.3 Å². The molecule has 2 aliphatic heterocycles. The Hall–Kier alpha value is -3.81. The van der Waals surface area contributed by atoms with E-state index >= 15 is 0 Å². The van der Waals surface area contributed by atoms with Gasteiger partial charge in [0, 0.05) is 53.1 Å². The number of nitrogens with zero attached hydrogens (tertiary/aromatic N) is 4. The van der Waals surface area contributed by atoms with Crippen molar-refractivity contribution in [3.8, 4) is 0 Å². The molecule has 0 bridgehead atoms. The zero-order chi connectivity index (χ0) is 28.2. The highest BCUT2D eigenvalue weighted by molar-refractivity contribution is 6.09. The average Bonchev–Trinajstić information content (AvgIpc) is 3.45. The Morgan fingerprint density at radius 1 is 1.05 bits per heavy atom. The minimum absolute atomic E-state index is 0.210. The number of hydrogen-bond donors (Lipinski definition) is 0. The second-order valence-electron chi connectivity index (χ2n) is 12.4. The smallest absolute Gasteiger partial charge is 0.410 e. The number of ether oxygens (including phenoxy) is 1. The lowest BCUT2D eigenvalue weighted by atomic mass is 9.74. The topological polar surface area (TPSA) is 75.6 Å². The van der Waals surface area contributed by atoms with Crippen LogP contribution in [0.1, 0.15) is 85.6 Å². The first-order valence-electron chi connectivity index (χ1n) is 14.1. The van der Waals surface area contributed by atoms with Crippen LogP contribution in [0.5, 0.6) is 0 Å². The number of aromatic nitrogens is 2. The van der Waals surface area contributed by atoms with Gasteiger partial charge in [0.2, 0.25) is 0 Å². The Bertz CT molecular complexity index is 1490. The molecule has 208 valence electrons. The highest BCUT2D eigenvalue weighted by Crippen LogP contribution is 2.51. The fraction of sp³-hybridized carbons (Fsp3) is 0.438. The van der Waals surface area contributed by atoms with E-state index in [0.29, 0.717) is 36.7 Å². The second kappa shape index (κ2) is 9.68. The minimum Gasteiger partial charge on any atom is -0.444 e. The minimum atomic E-state index is -0.556. The van der Waals surface area contributed by atoms with Gasteiger partial charge >= 0.3 is 6.09 Å². The van der Waals surface area contributed by atoms with Crippen molar-refractivity contribution in [2.75, 3.05) is 24.5 Å². The van der Waals surface area contributed by atoms with Gasteiger partial charge in [-0.3, -0.25) is 4.79 Å². The Morgan fingerprint density at radius 3 is 2.52 bits per heavy atom. The summed E-state index contributed by atoms with van der Waals surface area (Å²) >= 11 is 0. The predicted octanol–water partition coefficient (Wildman–Crippen LogP) is 6.32. The van der Waals surface area contributed by atoms with Crippen molar-refractivity contribution >= 4 is 23.4 Å². The number of piperidine rings is 1. The molecule has 3 aromatic rings. The summed E-state index contributed by atoms with van der Waals surface area (Å²) in [6.07, 6.45) is 4.83. The van der Waals surface area contributed by atoms with Crippen molar-refractivity contribution in [3.63, 3.8) is 0 Å². The van der Waals surface area contributed by atoms with Crippen molar-refractivity contribution < 1.29 is 18.7 Å². The van der Waals surface area contributed by atoms with Crippen molar-refractivity contribution in [1.82, 2.24) is 14.9 Å². The van der Waals surface area contributed by atoms with E-state index in [9.17, 15) is 14.0 Å². The van der Waals surface area contributed by atoms with Crippen LogP contribution in [0.15, 0.2) is 48.8 Å². The van der Waals surface area contributed by atoms with Crippen LogP contribution in [0.2, 0.25) is 0 Å². The molecule has 7 nitrogen and oxygen atoms in total. The third kappa shape index (κ3) is 4.63. The fourth-order valence-corrected chi connectivity index (χ4v) is 6.51. The van der Waals surface area contributed by atoms with Crippen molar-refractivity contribution in [1.29, 1.82) is 0 Å². The van der Waals surface area contributed by atoms with Gasteiger partial charge in [-0.15, -0.1) is 0 Å². The molecule has 1 aromatic heterocycles. The van der Waals surface area contributed by atoms with E-state index in [0.717, 1.165) is 48.4 Å². The predicted molar refractivity (Wildman–Crippen MR) is 151 cm³/mol. The SMILES string of the molecule is CC1CCc2ncnc(N3CC4(CCN(C(=O)OC(C)(C)C)CC4)c4cc(C(=O)c5cccc(F)c5)ccc43)c21. The number of hydrogen-bond acceptors (Lipinski definition) is 6. The van der Waals surface area contributed by atoms with Gasteiger partial charge in [0.1, 0.15) is 23.6 Å². The zero-order valence-corrected chi connectivity index (χ0v) is 23.5. The summed E-state index contributed by atoms with van der Waals surface area (Å²) in [7, 11) is 0. The maximum absolute atomic E-state index is 13.9. The van der Waals surface area contributed by atoms with Crippen LogP contribution in [0.4, 0.5) is 20.7 Å². The average molecular weight is 543 g/mol. The first kappa shape index (κ1) is 26.4. The number of halogens is 1. The molecule has 3 heterocycles. The lowest BCUT2D eigenvalue weighted by Gasteiger charge is -2.40. The van der Waals surface area contributed by atoms with Crippen LogP contribution >= 0.6 is 0 Å². The van der Waals surface area contributed by atoms with Crippen molar-refractivity contribution in [3.05, 3.63) is 82.6 Å². The quantitative estimate of drug-likeness (QED) is 0.361. The molecule has 8 heteroatoms. The molecule has 6 rings (SSSR count). The second-order valence-corrected chi connectivity index (χ2v) is 12.4. The van der Waals surface area contributed by atoms with Crippen LogP contribution in [-0.2, 0) is 16.6 Å². The van der Waals surface area contributed by atoms with E-state index in [1.54, 1.807) is 23.4 Å². The highest BCUT2D eigenvalue weighted by Gasteiger charge is 2.47. The first-order valence-corrected chi connectivity index (χ1v) is 14.1. The number of likely N-dealkylation sites (tertiary alicyclic amines) is 1. The van der Waals surface area contributed by atoms with Crippen LogP contribution < -0.4 is 4.90 Å². The molecule has 0 saturated carbocycles. The monoisotopic (exact) mass is 542 g/mol. The zero-order valence-electron chi connectivity index (χ0n) is 23.5. The third-order valence-corrected chi connectivity index (χ3v) is 8.55. The molecule has 1 fully saturated rings. The number of anilines is 2. The Kier molecular flexibility index (Phi) is 6.39. The molecule has 0 radical (unpaired) electrons. The van der Waals surface area contributed by atoms with Gasteiger partial charge in [-0.25, -0.2) is 19.2 Å². The van der Waals surface area contributed by atoms with E-state index in [1.165, 1.54) is 17.7 Å². The maximum Gasteiger partial charge on any atom is 0.410 e. The number of benzene rings is 2. The van der Waals surface area contributed by atoms with Crippen molar-refractivity contribution in [2.45, 2.75) is 70.3 Å². The van der Waals surface area contributed by atoms with Gasteiger partial charge in [0.05, 0.1) is 0 Å². The molecule has 3 aliphatic rings. The van der Waals surface area contributed by atoms with Gasteiger partial charge < -0.3 is 14.5 Å². The molecule has 1 unspecified atom stereocenters. The van der Waals surface area contributed by atoms with Crippen LogP contribution in [-0.4, -0.2) is 52.0 Å². The van der Waals surface area contributed by atoms with Gasteiger partial charge in [-0.05, 0) is 88.3 Å². The number of rotatable bonds is 3. The summed E-state index contributed by atoms with van der Waals surface area (Å²) in [6, 6.07) is 11.6. The maximum atomic E-state index is 13.9. The molecule has 2 aromatic carbocycles. The Labute approximate surface area is 234 Å². The number of fused-ring (bicyclic) bond motifs is 3. The molecule has 1 aliphatic carbocycles. The van der Waals surface area contributed by atoms with E-state index in [4.69, 9.17) is 9.72 Å². The third-order valence-electron chi connectivity index (χ3n) is 8.55. The number of carbonyl (C=O) groups excluding carboxylic acids is 2. The molecule has 1 atom stereocenters. The van der Waals surface area contributed by atoms with Gasteiger partial charge in [0.25, 0.3) is 0 Å². The van der Waals surface area contributed by atoms with Crippen LogP contribution in [0.25, 0.3) is 0 Å². The molecule has 1 amide bonds. The fourth-order valence-electron chi connectivity index (χ4n) is 6.51. The molecule has 1 saturated heterocycles. The normalized spacial score (nSPS) is 19.5. The van der Waals surface area contributed by atoms with Gasteiger partial charge in [-0.2, -0.15) is 0 Å². The largest absolute Gasteiger partial charge is 0.444 e. The Balaban J connectivity index is 1.39. The van der Waals surface area contributed by atoms with Crippen molar-refractivity contribution in [2.24, 2.45) is 0 Å². The van der Waals surface area contributed by atoms with E-state index in [1.807, 2.05) is 39.0 Å². The van der Waals surface area contributed by atoms with E-state index < -0.39 is 11.4 Å². The molecule has 0 N–H and O–H groups in total. The highest BCUT2D eigenvalue weighted by atomic mass is 19.1. The standard InChI is InChI=1S/C32H35FN4O3/c1-20-8-10-25-27(20)29(35-19-34-25)37-18-32(12-14-36(15-13-32)30(39)40-31(2,3)4)24-17-22(9-11-26(24)37)28(38)21-6-5-7-23(33)16-21/h5-7,9,11,16-17,19-20H,8,10,12-15,18H2,1-4H3. The summed E-state index contributed by atoms with van der Waals surface area (Å²) in [5.74, 6) is 0.662. The number of aryl methyl sites for hydroxylation is 1. The van der Waals surface area contributed by atoms with Gasteiger partial charge in [-0.1, -0.05) is 19.1 Å². The van der Waals surface area contributed by atoms with E-state index in [2.05, 4.69) is 16.8 Å². The lowest BCUT2D eigenvalue weighted by Crippen LogP contribution is -2.48. The summed E-state index contributed by atoms with van der Waals surface area (Å²) in [5, 5.41) is 0. The molecule has 1 spiro atoms. The molecular formula is C32H35FN4O3. The lowest BCUT2D eigenvalue weighted by molar-refractivity contribution is 0.0171. The summed E-state index contributed by atoms with van der Waals surface area (Å²) in [4.78, 5) is 39.7. The molecular weight excluding hydrogens is 507 g/mol. The number of ketones is 1.